The predicted molar refractivity (Wildman–Crippen MR) is 96.1 cm³/mol. The smallest absolute Gasteiger partial charge is 0.192 e. The second-order valence-electron chi connectivity index (χ2n) is 7.16. The van der Waals surface area contributed by atoms with E-state index in [1.165, 1.54) is 5.56 Å². The Morgan fingerprint density at radius 1 is 1.23 bits per heavy atom. The van der Waals surface area contributed by atoms with Crippen molar-refractivity contribution in [3.8, 4) is 5.75 Å². The van der Waals surface area contributed by atoms with Crippen molar-refractivity contribution in [1.82, 2.24) is 4.98 Å². The van der Waals surface area contributed by atoms with Gasteiger partial charge in [-0.25, -0.2) is 0 Å². The minimum Gasteiger partial charge on any atom is -0.496 e. The Labute approximate surface area is 136 Å². The number of allylic oxidation sites excluding steroid dienone is 1. The fraction of sp³-hybridized carbons (Fsp3) is 0.611. The fourth-order valence-electron chi connectivity index (χ4n) is 1.96. The Kier molecular flexibility index (Phi) is 6.82. The molecule has 0 spiro atoms. The zero-order chi connectivity index (χ0) is 16.8. The Bertz CT molecular complexity index is 504. The lowest BCUT2D eigenvalue weighted by molar-refractivity contribution is 0.327. The molecule has 0 bridgehead atoms. The summed E-state index contributed by atoms with van der Waals surface area (Å²) in [5, 5.41) is 0.265. The van der Waals surface area contributed by atoms with Crippen LogP contribution in [-0.2, 0) is 10.8 Å². The fourth-order valence-corrected chi connectivity index (χ4v) is 2.90. The molecule has 0 saturated carbocycles. The van der Waals surface area contributed by atoms with E-state index in [0.717, 1.165) is 24.3 Å². The highest BCUT2D eigenvalue weighted by Gasteiger charge is 2.36. The Balaban J connectivity index is 2.46. The van der Waals surface area contributed by atoms with Crippen LogP contribution in [0.5, 0.6) is 5.75 Å². The van der Waals surface area contributed by atoms with E-state index in [9.17, 15) is 0 Å². The standard InChI is InChI=1S/C18H31NO2Si/c1-15-16(17(20-5)12-13-19-15)11-9-8-10-14-21-22(6,7)18(2,3)4/h8,10,12-13H,9,11,14H2,1-7H3/b10-8-. The van der Waals surface area contributed by atoms with Gasteiger partial charge in [0.1, 0.15) is 5.75 Å². The molecule has 1 aromatic heterocycles. The monoisotopic (exact) mass is 321 g/mol. The summed E-state index contributed by atoms with van der Waals surface area (Å²) in [4.78, 5) is 4.34. The van der Waals surface area contributed by atoms with Gasteiger partial charge < -0.3 is 9.16 Å². The van der Waals surface area contributed by atoms with E-state index in [0.29, 0.717) is 6.61 Å². The zero-order valence-electron chi connectivity index (χ0n) is 15.2. The van der Waals surface area contributed by atoms with Crippen LogP contribution in [0, 0.1) is 6.92 Å². The van der Waals surface area contributed by atoms with Crippen LogP contribution >= 0.6 is 0 Å². The molecule has 0 aliphatic heterocycles. The highest BCUT2D eigenvalue weighted by Crippen LogP contribution is 2.36. The first-order valence-electron chi connectivity index (χ1n) is 7.96. The van der Waals surface area contributed by atoms with Crippen LogP contribution in [0.2, 0.25) is 18.1 Å². The minimum atomic E-state index is -1.63. The van der Waals surface area contributed by atoms with Crippen LogP contribution in [0.25, 0.3) is 0 Å². The van der Waals surface area contributed by atoms with Crippen LogP contribution in [0.4, 0.5) is 0 Å². The molecule has 0 aliphatic carbocycles. The van der Waals surface area contributed by atoms with Crippen molar-refractivity contribution in [3.63, 3.8) is 0 Å². The first-order valence-corrected chi connectivity index (χ1v) is 10.9. The van der Waals surface area contributed by atoms with Gasteiger partial charge in [0.05, 0.1) is 13.7 Å². The zero-order valence-corrected chi connectivity index (χ0v) is 16.2. The third-order valence-electron chi connectivity index (χ3n) is 4.52. The summed E-state index contributed by atoms with van der Waals surface area (Å²) in [6, 6.07) is 1.92. The van der Waals surface area contributed by atoms with E-state index < -0.39 is 8.32 Å². The quantitative estimate of drug-likeness (QED) is 0.528. The van der Waals surface area contributed by atoms with Crippen molar-refractivity contribution in [3.05, 3.63) is 35.7 Å². The molecule has 0 aromatic carbocycles. The lowest BCUT2D eigenvalue weighted by Gasteiger charge is -2.35. The largest absolute Gasteiger partial charge is 0.496 e. The molecule has 3 nitrogen and oxygen atoms in total. The van der Waals surface area contributed by atoms with Gasteiger partial charge in [0.2, 0.25) is 0 Å². The maximum atomic E-state index is 6.13. The average Bonchev–Trinajstić information content (AvgIpc) is 2.42. The molecule has 124 valence electrons. The van der Waals surface area contributed by atoms with Gasteiger partial charge in [0.25, 0.3) is 0 Å². The molecule has 1 rings (SSSR count). The summed E-state index contributed by atoms with van der Waals surface area (Å²) in [5.74, 6) is 0.929. The molecule has 4 heteroatoms. The Morgan fingerprint density at radius 2 is 1.91 bits per heavy atom. The number of aromatic nitrogens is 1. The molecular formula is C18H31NO2Si. The molecule has 0 fully saturated rings. The van der Waals surface area contributed by atoms with Gasteiger partial charge in [-0.05, 0) is 44.0 Å². The average molecular weight is 322 g/mol. The third-order valence-corrected chi connectivity index (χ3v) is 9.02. The molecule has 0 saturated heterocycles. The van der Waals surface area contributed by atoms with Gasteiger partial charge in [-0.3, -0.25) is 4.98 Å². The molecule has 0 amide bonds. The normalized spacial score (nSPS) is 12.9. The number of hydrogen-bond acceptors (Lipinski definition) is 3. The van der Waals surface area contributed by atoms with Crippen molar-refractivity contribution < 1.29 is 9.16 Å². The number of methoxy groups -OCH3 is 1. The van der Waals surface area contributed by atoms with Crippen molar-refractivity contribution in [2.75, 3.05) is 13.7 Å². The summed E-state index contributed by atoms with van der Waals surface area (Å²) < 4.78 is 11.5. The Hall–Kier alpha value is -1.13. The molecular weight excluding hydrogens is 290 g/mol. The molecule has 0 N–H and O–H groups in total. The molecule has 0 aliphatic rings. The van der Waals surface area contributed by atoms with E-state index in [1.54, 1.807) is 13.3 Å². The van der Waals surface area contributed by atoms with Gasteiger partial charge in [-0.2, -0.15) is 0 Å². The van der Waals surface area contributed by atoms with E-state index in [-0.39, 0.29) is 5.04 Å². The van der Waals surface area contributed by atoms with Gasteiger partial charge in [0, 0.05) is 17.5 Å². The van der Waals surface area contributed by atoms with Gasteiger partial charge in [0.15, 0.2) is 8.32 Å². The van der Waals surface area contributed by atoms with Crippen LogP contribution in [-0.4, -0.2) is 27.0 Å². The summed E-state index contributed by atoms with van der Waals surface area (Å²) in [7, 11) is 0.0755. The van der Waals surface area contributed by atoms with Crippen LogP contribution in [0.3, 0.4) is 0 Å². The lowest BCUT2D eigenvalue weighted by atomic mass is 10.1. The number of rotatable bonds is 7. The van der Waals surface area contributed by atoms with E-state index in [4.69, 9.17) is 9.16 Å². The second kappa shape index (κ2) is 7.93. The molecule has 0 unspecified atom stereocenters. The number of nitrogens with zero attached hydrogens (tertiary/aromatic N) is 1. The maximum absolute atomic E-state index is 6.13. The highest BCUT2D eigenvalue weighted by atomic mass is 28.4. The summed E-state index contributed by atoms with van der Waals surface area (Å²) in [6.45, 7) is 14.1. The second-order valence-corrected chi connectivity index (χ2v) is 12.0. The first kappa shape index (κ1) is 18.9. The van der Waals surface area contributed by atoms with Gasteiger partial charge >= 0.3 is 0 Å². The van der Waals surface area contributed by atoms with Crippen molar-refractivity contribution >= 4 is 8.32 Å². The molecule has 1 heterocycles. The number of hydrogen-bond donors (Lipinski definition) is 0. The molecule has 0 radical (unpaired) electrons. The third kappa shape index (κ3) is 5.25. The first-order chi connectivity index (χ1) is 10.2. The predicted octanol–water partition coefficient (Wildman–Crippen LogP) is 4.91. The highest BCUT2D eigenvalue weighted by molar-refractivity contribution is 6.74. The lowest BCUT2D eigenvalue weighted by Crippen LogP contribution is -2.40. The topological polar surface area (TPSA) is 31.4 Å². The van der Waals surface area contributed by atoms with E-state index >= 15 is 0 Å². The van der Waals surface area contributed by atoms with Crippen molar-refractivity contribution in [2.45, 2.75) is 58.7 Å². The summed E-state index contributed by atoms with van der Waals surface area (Å²) >= 11 is 0. The summed E-state index contributed by atoms with van der Waals surface area (Å²) in [5.41, 5.74) is 2.24. The van der Waals surface area contributed by atoms with Crippen LogP contribution < -0.4 is 4.74 Å². The van der Waals surface area contributed by atoms with Crippen molar-refractivity contribution in [1.29, 1.82) is 0 Å². The number of pyridine rings is 1. The van der Waals surface area contributed by atoms with E-state index in [1.807, 2.05) is 13.0 Å². The molecule has 0 atom stereocenters. The number of aryl methyl sites for hydroxylation is 1. The van der Waals surface area contributed by atoms with Crippen LogP contribution in [0.1, 0.15) is 38.4 Å². The van der Waals surface area contributed by atoms with E-state index in [2.05, 4.69) is 51.0 Å². The van der Waals surface area contributed by atoms with Crippen molar-refractivity contribution in [2.24, 2.45) is 0 Å². The van der Waals surface area contributed by atoms with Gasteiger partial charge in [-0.15, -0.1) is 0 Å². The SMILES string of the molecule is COc1ccnc(C)c1CC/C=C\CO[Si](C)(C)C(C)(C)C. The molecule has 1 aromatic rings. The molecule has 22 heavy (non-hydrogen) atoms. The summed E-state index contributed by atoms with van der Waals surface area (Å²) in [6.07, 6.45) is 8.04. The Morgan fingerprint density at radius 3 is 2.50 bits per heavy atom. The minimum absolute atomic E-state index is 0.265. The number of ether oxygens (including phenoxy) is 1. The van der Waals surface area contributed by atoms with Crippen LogP contribution in [0.15, 0.2) is 24.4 Å². The maximum Gasteiger partial charge on any atom is 0.192 e. The van der Waals surface area contributed by atoms with Gasteiger partial charge in [-0.1, -0.05) is 32.9 Å².